The van der Waals surface area contributed by atoms with Gasteiger partial charge in [0.25, 0.3) is 0 Å². The first-order chi connectivity index (χ1) is 23.7. The lowest BCUT2D eigenvalue weighted by Crippen LogP contribution is -2.54. The molecular formula is C35H43Cl2FN8O3. The van der Waals surface area contributed by atoms with E-state index >= 15 is 4.39 Å². The molecule has 6 rings (SSSR count). The van der Waals surface area contributed by atoms with Crippen molar-refractivity contribution in [1.29, 1.82) is 0 Å². The van der Waals surface area contributed by atoms with Crippen molar-refractivity contribution in [2.45, 2.75) is 51.2 Å². The average Bonchev–Trinajstić information content (AvgIpc) is 3.61. The number of nitrogens with zero attached hydrogens (tertiary/aromatic N) is 6. The fraction of sp³-hybridized carbons (Fsp3) is 0.457. The van der Waals surface area contributed by atoms with Gasteiger partial charge in [-0.3, -0.25) is 19.4 Å². The quantitative estimate of drug-likeness (QED) is 0.175. The largest absolute Gasteiger partial charge is 0.494 e. The van der Waals surface area contributed by atoms with Gasteiger partial charge < -0.3 is 20.3 Å². The summed E-state index contributed by atoms with van der Waals surface area (Å²) in [4.78, 5) is 34.8. The van der Waals surface area contributed by atoms with Gasteiger partial charge in [0.15, 0.2) is 5.82 Å². The summed E-state index contributed by atoms with van der Waals surface area (Å²) in [5.74, 6) is 0.543. The monoisotopic (exact) mass is 712 g/mol. The Balaban J connectivity index is 1.21. The number of methoxy groups -OCH3 is 1. The second-order valence-corrected chi connectivity index (χ2v) is 13.5. The Morgan fingerprint density at radius 1 is 1.06 bits per heavy atom. The lowest BCUT2D eigenvalue weighted by Gasteiger charge is -2.44. The molecule has 1 aromatic heterocycles. The van der Waals surface area contributed by atoms with E-state index in [0.717, 1.165) is 57.8 Å². The van der Waals surface area contributed by atoms with Crippen LogP contribution in [0.4, 0.5) is 33.1 Å². The highest BCUT2D eigenvalue weighted by Crippen LogP contribution is 2.41. The smallest absolute Gasteiger partial charge is 0.247 e. The number of carbonyl (C=O) groups excluding carboxylic acids is 1. The maximum atomic E-state index is 15.1. The topological polar surface area (TPSA) is 98.3 Å². The molecular weight excluding hydrogens is 670 g/mol. The molecule has 3 aromatic rings. The Hall–Kier alpha value is -3.68. The predicted octanol–water partition coefficient (Wildman–Crippen LogP) is 6.68. The number of piperidine rings is 1. The minimum Gasteiger partial charge on any atom is -0.494 e. The van der Waals surface area contributed by atoms with Crippen molar-refractivity contribution in [3.05, 3.63) is 70.7 Å². The number of benzene rings is 2. The summed E-state index contributed by atoms with van der Waals surface area (Å²) in [6, 6.07) is 9.32. The Morgan fingerprint density at radius 2 is 1.82 bits per heavy atom. The SMILES string of the molecule is C=CC(=O)Nc1cc(Nc2cc(N3OCC[C@@H]3c3ccc(Cl)c(Cl)c3F)ncn2)c(OC)cc1N1CCC(N2CCN(C(C)C)CC2)CC1. The van der Waals surface area contributed by atoms with E-state index in [0.29, 0.717) is 59.4 Å². The van der Waals surface area contributed by atoms with Crippen molar-refractivity contribution in [1.82, 2.24) is 19.8 Å². The predicted molar refractivity (Wildman–Crippen MR) is 193 cm³/mol. The molecule has 4 heterocycles. The van der Waals surface area contributed by atoms with E-state index in [1.807, 2.05) is 12.1 Å². The lowest BCUT2D eigenvalue weighted by atomic mass is 10.0. The number of rotatable bonds is 10. The first kappa shape index (κ1) is 35.2. The third kappa shape index (κ3) is 7.73. The molecule has 3 saturated heterocycles. The van der Waals surface area contributed by atoms with Crippen molar-refractivity contribution >= 4 is 57.8 Å². The summed E-state index contributed by atoms with van der Waals surface area (Å²) in [6.07, 6.45) is 5.25. The van der Waals surface area contributed by atoms with E-state index in [9.17, 15) is 4.79 Å². The molecule has 0 unspecified atom stereocenters. The molecule has 1 atom stereocenters. The molecule has 1 amide bonds. The maximum absolute atomic E-state index is 15.1. The first-order valence-corrected chi connectivity index (χ1v) is 17.5. The third-order valence-corrected chi connectivity index (χ3v) is 10.4. The molecule has 0 radical (unpaired) electrons. The van der Waals surface area contributed by atoms with E-state index in [2.05, 4.69) is 55.7 Å². The number of amides is 1. The van der Waals surface area contributed by atoms with Gasteiger partial charge in [0.2, 0.25) is 5.91 Å². The van der Waals surface area contributed by atoms with E-state index in [-0.39, 0.29) is 16.0 Å². The molecule has 0 spiro atoms. The maximum Gasteiger partial charge on any atom is 0.247 e. The second kappa shape index (κ2) is 15.5. The van der Waals surface area contributed by atoms with Crippen molar-refractivity contribution in [2.75, 3.05) is 73.6 Å². The molecule has 3 fully saturated rings. The van der Waals surface area contributed by atoms with Gasteiger partial charge in [0.05, 0.1) is 46.9 Å². The second-order valence-electron chi connectivity index (χ2n) is 12.8. The van der Waals surface area contributed by atoms with E-state index in [1.54, 1.807) is 30.4 Å². The van der Waals surface area contributed by atoms with Crippen LogP contribution in [0.15, 0.2) is 49.3 Å². The van der Waals surface area contributed by atoms with Crippen LogP contribution in [0, 0.1) is 5.82 Å². The standard InChI is InChI=1S/C35H43Cl2FN8O3/c1-5-33(47)42-26-18-27(30(48-4)19-29(26)45-11-8-23(9-12-45)44-15-13-43(14-16-44)22(2)3)41-31-20-32(40-21-39-31)46-28(10-17-49-46)24-6-7-25(36)34(37)35(24)38/h5-7,18-23,28H,1,8-17H2,2-4H3,(H,42,47)(H,39,40,41)/t28-/m1/s1. The summed E-state index contributed by atoms with van der Waals surface area (Å²) < 4.78 is 21.0. The van der Waals surface area contributed by atoms with Crippen LogP contribution in [-0.2, 0) is 9.63 Å². The molecule has 0 saturated carbocycles. The zero-order valence-electron chi connectivity index (χ0n) is 28.1. The van der Waals surface area contributed by atoms with Gasteiger partial charge in [-0.2, -0.15) is 0 Å². The lowest BCUT2D eigenvalue weighted by molar-refractivity contribution is -0.111. The van der Waals surface area contributed by atoms with Gasteiger partial charge >= 0.3 is 0 Å². The number of nitrogens with one attached hydrogen (secondary N) is 2. The fourth-order valence-electron chi connectivity index (χ4n) is 6.92. The van der Waals surface area contributed by atoms with Gasteiger partial charge in [0, 0.05) is 75.5 Å². The summed E-state index contributed by atoms with van der Waals surface area (Å²) in [5.41, 5.74) is 2.45. The number of anilines is 5. The van der Waals surface area contributed by atoms with Gasteiger partial charge in [-0.05, 0) is 44.9 Å². The van der Waals surface area contributed by atoms with Crippen LogP contribution < -0.4 is 25.3 Å². The van der Waals surface area contributed by atoms with E-state index < -0.39 is 11.9 Å². The number of hydroxylamine groups is 1. The highest BCUT2D eigenvalue weighted by molar-refractivity contribution is 6.42. The molecule has 49 heavy (non-hydrogen) atoms. The molecule has 14 heteroatoms. The summed E-state index contributed by atoms with van der Waals surface area (Å²) in [5, 5.41) is 7.88. The molecule has 262 valence electrons. The zero-order valence-corrected chi connectivity index (χ0v) is 29.6. The van der Waals surface area contributed by atoms with Gasteiger partial charge in [-0.15, -0.1) is 0 Å². The first-order valence-electron chi connectivity index (χ1n) is 16.7. The number of aromatic nitrogens is 2. The molecule has 0 bridgehead atoms. The van der Waals surface area contributed by atoms with Crippen LogP contribution in [0.5, 0.6) is 5.75 Å². The van der Waals surface area contributed by atoms with Crippen LogP contribution in [-0.4, -0.2) is 90.7 Å². The number of ether oxygens (including phenoxy) is 1. The number of hydrogen-bond donors (Lipinski definition) is 2. The van der Waals surface area contributed by atoms with Crippen LogP contribution >= 0.6 is 23.2 Å². The van der Waals surface area contributed by atoms with Crippen molar-refractivity contribution in [2.24, 2.45) is 0 Å². The summed E-state index contributed by atoms with van der Waals surface area (Å²) in [6.45, 7) is 14.7. The molecule has 3 aliphatic rings. The van der Waals surface area contributed by atoms with Gasteiger partial charge in [-0.1, -0.05) is 35.8 Å². The Labute approximate surface area is 296 Å². The van der Waals surface area contributed by atoms with Crippen molar-refractivity contribution in [3.8, 4) is 5.75 Å². The molecule has 3 aliphatic heterocycles. The van der Waals surface area contributed by atoms with Crippen molar-refractivity contribution in [3.63, 3.8) is 0 Å². The summed E-state index contributed by atoms with van der Waals surface area (Å²) >= 11 is 12.1. The van der Waals surface area contributed by atoms with Crippen LogP contribution in [0.25, 0.3) is 0 Å². The highest BCUT2D eigenvalue weighted by Gasteiger charge is 2.33. The Morgan fingerprint density at radius 3 is 2.51 bits per heavy atom. The van der Waals surface area contributed by atoms with E-state index in [1.165, 1.54) is 12.4 Å². The number of hydrogen-bond acceptors (Lipinski definition) is 10. The van der Waals surface area contributed by atoms with Gasteiger partial charge in [-0.25, -0.2) is 19.4 Å². The van der Waals surface area contributed by atoms with Crippen LogP contribution in [0.3, 0.4) is 0 Å². The van der Waals surface area contributed by atoms with E-state index in [4.69, 9.17) is 32.8 Å². The Kier molecular flexibility index (Phi) is 11.1. The van der Waals surface area contributed by atoms with Crippen molar-refractivity contribution < 1.29 is 18.8 Å². The molecule has 2 aromatic carbocycles. The molecule has 0 aliphatic carbocycles. The minimum absolute atomic E-state index is 0.129. The minimum atomic E-state index is -0.588. The average molecular weight is 714 g/mol. The normalized spacial score (nSPS) is 19.4. The zero-order chi connectivity index (χ0) is 34.7. The third-order valence-electron chi connectivity index (χ3n) is 9.63. The number of carbonyl (C=O) groups is 1. The molecule has 2 N–H and O–H groups in total. The Bertz CT molecular complexity index is 1660. The van der Waals surface area contributed by atoms with Gasteiger partial charge in [0.1, 0.15) is 23.7 Å². The van der Waals surface area contributed by atoms with Crippen LogP contribution in [0.2, 0.25) is 10.0 Å². The number of piperazine rings is 1. The van der Waals surface area contributed by atoms with Crippen LogP contribution in [0.1, 0.15) is 44.7 Å². The summed E-state index contributed by atoms with van der Waals surface area (Å²) in [7, 11) is 1.61. The number of halogens is 3. The molecule has 11 nitrogen and oxygen atoms in total. The highest BCUT2D eigenvalue weighted by atomic mass is 35.5. The fourth-order valence-corrected chi connectivity index (χ4v) is 7.24.